The van der Waals surface area contributed by atoms with Gasteiger partial charge in [-0.05, 0) is 40.5 Å². The number of methoxy groups -OCH3 is 1. The van der Waals surface area contributed by atoms with Gasteiger partial charge in [0.15, 0.2) is 17.3 Å². The van der Waals surface area contributed by atoms with Crippen molar-refractivity contribution in [3.8, 4) is 11.5 Å². The third-order valence-corrected chi connectivity index (χ3v) is 5.54. The van der Waals surface area contributed by atoms with E-state index in [1.807, 2.05) is 0 Å². The summed E-state index contributed by atoms with van der Waals surface area (Å²) in [5.41, 5.74) is 0.682. The molecule has 2 N–H and O–H groups in total. The predicted octanol–water partition coefficient (Wildman–Crippen LogP) is 4.09. The summed E-state index contributed by atoms with van der Waals surface area (Å²) >= 11 is 3.27. The van der Waals surface area contributed by atoms with Crippen LogP contribution in [0.2, 0.25) is 0 Å². The second-order valence-electron chi connectivity index (χ2n) is 6.88. The number of ether oxygens (including phenoxy) is 1. The molecular formula is C22H17BrN2O6. The fraction of sp³-hybridized carbons (Fsp3) is 0.136. The number of aliphatic hydroxyl groups is 1. The summed E-state index contributed by atoms with van der Waals surface area (Å²) < 4.78 is 10.6. The van der Waals surface area contributed by atoms with Gasteiger partial charge in [0, 0.05) is 11.6 Å². The number of aromatic nitrogens is 1. The molecule has 1 atom stereocenters. The highest BCUT2D eigenvalue weighted by Gasteiger charge is 2.48. The first-order chi connectivity index (χ1) is 14.8. The van der Waals surface area contributed by atoms with Crippen molar-refractivity contribution in [1.82, 2.24) is 5.16 Å². The molecule has 2 aromatic carbocycles. The number of amides is 1. The minimum Gasteiger partial charge on any atom is -0.507 e. The molecule has 1 unspecified atom stereocenters. The molecule has 0 spiro atoms. The molecule has 1 fully saturated rings. The summed E-state index contributed by atoms with van der Waals surface area (Å²) in [6, 6.07) is 12.0. The van der Waals surface area contributed by atoms with E-state index >= 15 is 0 Å². The second kappa shape index (κ2) is 7.92. The number of phenols is 1. The normalized spacial score (nSPS) is 17.9. The predicted molar refractivity (Wildman–Crippen MR) is 115 cm³/mol. The monoisotopic (exact) mass is 484 g/mol. The Morgan fingerprint density at radius 3 is 2.52 bits per heavy atom. The summed E-state index contributed by atoms with van der Waals surface area (Å²) in [6.45, 7) is 1.66. The Hall–Kier alpha value is -3.59. The molecule has 0 saturated carbocycles. The fourth-order valence-corrected chi connectivity index (χ4v) is 3.97. The zero-order valence-corrected chi connectivity index (χ0v) is 18.1. The van der Waals surface area contributed by atoms with Gasteiger partial charge in [0.05, 0.1) is 23.2 Å². The Morgan fingerprint density at radius 2 is 1.90 bits per heavy atom. The number of nitrogens with zero attached hydrogens (tertiary/aromatic N) is 2. The minimum absolute atomic E-state index is 0.114. The summed E-state index contributed by atoms with van der Waals surface area (Å²) in [7, 11) is 1.38. The first-order valence-corrected chi connectivity index (χ1v) is 9.99. The highest BCUT2D eigenvalue weighted by molar-refractivity contribution is 9.10. The number of Topliss-reactive ketones (excluding diaryl/α,β-unsaturated/α-hetero) is 1. The Labute approximate surface area is 185 Å². The average molecular weight is 485 g/mol. The molecule has 8 nitrogen and oxygen atoms in total. The van der Waals surface area contributed by atoms with Gasteiger partial charge in [-0.1, -0.05) is 35.5 Å². The van der Waals surface area contributed by atoms with Crippen molar-refractivity contribution in [2.24, 2.45) is 0 Å². The number of hydrogen-bond acceptors (Lipinski definition) is 7. The van der Waals surface area contributed by atoms with Gasteiger partial charge >= 0.3 is 5.91 Å². The lowest BCUT2D eigenvalue weighted by Crippen LogP contribution is -2.29. The molecular weight excluding hydrogens is 468 g/mol. The molecule has 9 heteroatoms. The van der Waals surface area contributed by atoms with E-state index in [-0.39, 0.29) is 28.6 Å². The lowest BCUT2D eigenvalue weighted by atomic mass is 9.95. The van der Waals surface area contributed by atoms with Crippen molar-refractivity contribution in [2.75, 3.05) is 12.0 Å². The lowest BCUT2D eigenvalue weighted by Gasteiger charge is -2.23. The number of carbonyl (C=O) groups excluding carboxylic acids is 2. The van der Waals surface area contributed by atoms with Crippen LogP contribution in [0.1, 0.15) is 22.9 Å². The maximum atomic E-state index is 13.0. The highest BCUT2D eigenvalue weighted by atomic mass is 79.9. The molecule has 4 rings (SSSR count). The number of hydrogen-bond donors (Lipinski definition) is 2. The molecule has 0 radical (unpaired) electrons. The molecule has 0 aliphatic carbocycles. The van der Waals surface area contributed by atoms with Gasteiger partial charge < -0.3 is 19.5 Å². The molecule has 3 aromatic rings. The molecule has 2 heterocycles. The lowest BCUT2D eigenvalue weighted by molar-refractivity contribution is -0.132. The van der Waals surface area contributed by atoms with Crippen LogP contribution >= 0.6 is 15.9 Å². The third-order valence-electron chi connectivity index (χ3n) is 4.94. The number of rotatable bonds is 4. The summed E-state index contributed by atoms with van der Waals surface area (Å²) in [5.74, 6) is -1.48. The Kier molecular flexibility index (Phi) is 5.28. The number of aromatic hydroxyl groups is 1. The van der Waals surface area contributed by atoms with Gasteiger partial charge in [-0.25, -0.2) is 0 Å². The first kappa shape index (κ1) is 20.7. The maximum absolute atomic E-state index is 13.0. The van der Waals surface area contributed by atoms with E-state index in [2.05, 4.69) is 21.1 Å². The smallest absolute Gasteiger partial charge is 0.301 e. The van der Waals surface area contributed by atoms with Gasteiger partial charge in [0.2, 0.25) is 0 Å². The summed E-state index contributed by atoms with van der Waals surface area (Å²) in [5, 5.41) is 25.1. The molecule has 1 aliphatic heterocycles. The Balaban J connectivity index is 2.00. The zero-order valence-electron chi connectivity index (χ0n) is 16.5. The Bertz CT molecular complexity index is 1220. The third kappa shape index (κ3) is 3.46. The van der Waals surface area contributed by atoms with Crippen LogP contribution in [0.4, 0.5) is 5.82 Å². The standard InChI is InChI=1S/C22H17BrN2O6/c1-11-8-16(24-31-11)25-18(13-9-14(23)20(27)15(10-13)30-2)17(21(28)22(25)29)19(26)12-6-4-3-5-7-12/h3-10,18,26-27H,1-2H3/b19-17+. The summed E-state index contributed by atoms with van der Waals surface area (Å²) in [6.07, 6.45) is 0. The largest absolute Gasteiger partial charge is 0.507 e. The number of aliphatic hydroxyl groups excluding tert-OH is 1. The van der Waals surface area contributed by atoms with Crippen molar-refractivity contribution in [1.29, 1.82) is 0 Å². The van der Waals surface area contributed by atoms with Gasteiger partial charge in [0.25, 0.3) is 5.78 Å². The number of ketones is 1. The number of halogens is 1. The van der Waals surface area contributed by atoms with E-state index in [4.69, 9.17) is 9.26 Å². The number of phenolic OH excluding ortho intramolecular Hbond substituents is 1. The maximum Gasteiger partial charge on any atom is 0.301 e. The van der Waals surface area contributed by atoms with Crippen LogP contribution in [-0.4, -0.2) is 34.2 Å². The van der Waals surface area contributed by atoms with Crippen LogP contribution in [-0.2, 0) is 9.59 Å². The topological polar surface area (TPSA) is 113 Å². The second-order valence-corrected chi connectivity index (χ2v) is 7.74. The molecule has 158 valence electrons. The van der Waals surface area contributed by atoms with Crippen molar-refractivity contribution >= 4 is 39.2 Å². The fourth-order valence-electron chi connectivity index (χ4n) is 3.51. The van der Waals surface area contributed by atoms with E-state index in [1.54, 1.807) is 43.3 Å². The quantitative estimate of drug-likeness (QED) is 0.325. The van der Waals surface area contributed by atoms with Gasteiger partial charge in [-0.3, -0.25) is 14.5 Å². The van der Waals surface area contributed by atoms with E-state index in [0.717, 1.165) is 4.90 Å². The van der Waals surface area contributed by atoms with Crippen LogP contribution in [0.25, 0.3) is 5.76 Å². The van der Waals surface area contributed by atoms with Crippen LogP contribution < -0.4 is 9.64 Å². The molecule has 1 aliphatic rings. The average Bonchev–Trinajstić information content (AvgIpc) is 3.31. The van der Waals surface area contributed by atoms with Crippen molar-refractivity contribution in [3.63, 3.8) is 0 Å². The van der Waals surface area contributed by atoms with E-state index in [9.17, 15) is 19.8 Å². The van der Waals surface area contributed by atoms with Crippen molar-refractivity contribution in [3.05, 3.63) is 75.5 Å². The minimum atomic E-state index is -1.03. The van der Waals surface area contributed by atoms with Crippen molar-refractivity contribution in [2.45, 2.75) is 13.0 Å². The van der Waals surface area contributed by atoms with Crippen LogP contribution in [0.3, 0.4) is 0 Å². The van der Waals surface area contributed by atoms with E-state index in [0.29, 0.717) is 21.4 Å². The number of carbonyl (C=O) groups is 2. The number of anilines is 1. The van der Waals surface area contributed by atoms with Gasteiger partial charge in [0.1, 0.15) is 11.5 Å². The summed E-state index contributed by atoms with van der Waals surface area (Å²) in [4.78, 5) is 27.2. The van der Waals surface area contributed by atoms with E-state index in [1.165, 1.54) is 19.2 Å². The molecule has 0 bridgehead atoms. The SMILES string of the molecule is COc1cc(C2/C(=C(\O)c3ccccc3)C(=O)C(=O)N2c2cc(C)on2)cc(Br)c1O. The van der Waals surface area contributed by atoms with Gasteiger partial charge in [-0.15, -0.1) is 0 Å². The number of benzene rings is 2. The molecule has 1 aromatic heterocycles. The molecule has 1 amide bonds. The molecule has 1 saturated heterocycles. The first-order valence-electron chi connectivity index (χ1n) is 9.19. The van der Waals surface area contributed by atoms with Crippen LogP contribution in [0.5, 0.6) is 11.5 Å². The van der Waals surface area contributed by atoms with E-state index < -0.39 is 17.7 Å². The Morgan fingerprint density at radius 1 is 1.19 bits per heavy atom. The van der Waals surface area contributed by atoms with Gasteiger partial charge in [-0.2, -0.15) is 0 Å². The van der Waals surface area contributed by atoms with Crippen LogP contribution in [0, 0.1) is 6.92 Å². The van der Waals surface area contributed by atoms with Crippen LogP contribution in [0.15, 0.2) is 63.1 Å². The highest BCUT2D eigenvalue weighted by Crippen LogP contribution is 2.45. The number of aryl methyl sites for hydroxylation is 1. The molecule has 31 heavy (non-hydrogen) atoms. The van der Waals surface area contributed by atoms with Crippen molar-refractivity contribution < 1.29 is 29.1 Å². The zero-order chi connectivity index (χ0) is 22.3.